The van der Waals surface area contributed by atoms with Crippen LogP contribution in [0.4, 0.5) is 5.69 Å². The Morgan fingerprint density at radius 3 is 3.23 bits per heavy atom. The molecule has 3 nitrogen and oxygen atoms in total. The third-order valence-corrected chi connectivity index (χ3v) is 2.07. The molecule has 66 valence electrons. The topological polar surface area (TPSA) is 45.0 Å². The fraction of sp³-hybridized carbons (Fsp3) is 0.222. The van der Waals surface area contributed by atoms with Crippen molar-refractivity contribution in [3.05, 3.63) is 23.2 Å². The van der Waals surface area contributed by atoms with E-state index in [9.17, 15) is 0 Å². The molecular weight excluding hydrogens is 188 g/mol. The van der Waals surface area contributed by atoms with Crippen molar-refractivity contribution < 1.29 is 4.74 Å². The molecule has 0 fully saturated rings. The number of fused-ring (bicyclic) bond motifs is 1. The Hall–Kier alpha value is -1.40. The average Bonchev–Trinajstić information content (AvgIpc) is 2.17. The summed E-state index contributed by atoms with van der Waals surface area (Å²) in [6.07, 6.45) is -0.409. The third kappa shape index (κ3) is 1.53. The van der Waals surface area contributed by atoms with E-state index in [0.29, 0.717) is 17.3 Å². The van der Waals surface area contributed by atoms with Crippen molar-refractivity contribution in [2.24, 2.45) is 0 Å². The van der Waals surface area contributed by atoms with Gasteiger partial charge in [0.05, 0.1) is 12.2 Å². The van der Waals surface area contributed by atoms with Crippen LogP contribution in [0.1, 0.15) is 0 Å². The van der Waals surface area contributed by atoms with Gasteiger partial charge in [-0.25, -0.2) is 0 Å². The van der Waals surface area contributed by atoms with E-state index in [-0.39, 0.29) is 0 Å². The van der Waals surface area contributed by atoms with Crippen LogP contribution >= 0.6 is 11.6 Å². The summed E-state index contributed by atoms with van der Waals surface area (Å²) in [4.78, 5) is 0. The molecular formula is C9H7ClN2O. The zero-order valence-electron chi connectivity index (χ0n) is 6.75. The van der Waals surface area contributed by atoms with Gasteiger partial charge in [0.15, 0.2) is 0 Å². The van der Waals surface area contributed by atoms with E-state index in [2.05, 4.69) is 5.32 Å². The lowest BCUT2D eigenvalue weighted by molar-refractivity contribution is 0.260. The molecule has 2 rings (SSSR count). The summed E-state index contributed by atoms with van der Waals surface area (Å²) < 4.78 is 5.35. The second-order valence-electron chi connectivity index (χ2n) is 2.76. The molecule has 1 unspecified atom stereocenters. The molecule has 1 aliphatic rings. The number of halogens is 1. The smallest absolute Gasteiger partial charge is 0.201 e. The molecule has 1 N–H and O–H groups in total. The van der Waals surface area contributed by atoms with Crippen LogP contribution in [-0.2, 0) is 0 Å². The Kier molecular flexibility index (Phi) is 1.99. The van der Waals surface area contributed by atoms with Gasteiger partial charge in [0.1, 0.15) is 11.8 Å². The van der Waals surface area contributed by atoms with Crippen molar-refractivity contribution >= 4 is 17.3 Å². The molecule has 0 spiro atoms. The van der Waals surface area contributed by atoms with Crippen molar-refractivity contribution in [1.29, 1.82) is 5.26 Å². The highest BCUT2D eigenvalue weighted by atomic mass is 35.5. The number of ether oxygens (including phenoxy) is 1. The van der Waals surface area contributed by atoms with Crippen LogP contribution in [-0.4, -0.2) is 12.6 Å². The van der Waals surface area contributed by atoms with Gasteiger partial charge in [0.25, 0.3) is 0 Å². The molecule has 0 saturated carbocycles. The highest BCUT2D eigenvalue weighted by molar-refractivity contribution is 6.30. The molecule has 1 aromatic rings. The number of nitrogens with one attached hydrogen (secondary N) is 1. The summed E-state index contributed by atoms with van der Waals surface area (Å²) in [6.45, 7) is 0.504. The van der Waals surface area contributed by atoms with Crippen LogP contribution in [0, 0.1) is 11.3 Å². The first-order valence-corrected chi connectivity index (χ1v) is 4.27. The minimum atomic E-state index is -0.409. The number of benzene rings is 1. The van der Waals surface area contributed by atoms with E-state index in [4.69, 9.17) is 21.6 Å². The minimum absolute atomic E-state index is 0.409. The minimum Gasteiger partial charge on any atom is -0.472 e. The number of rotatable bonds is 0. The molecule has 0 amide bonds. The molecule has 1 aromatic carbocycles. The zero-order valence-corrected chi connectivity index (χ0v) is 7.51. The molecule has 0 aromatic heterocycles. The lowest BCUT2D eigenvalue weighted by Crippen LogP contribution is -2.29. The Labute approximate surface area is 80.9 Å². The van der Waals surface area contributed by atoms with E-state index in [1.165, 1.54) is 0 Å². The van der Waals surface area contributed by atoms with Gasteiger partial charge < -0.3 is 10.1 Å². The van der Waals surface area contributed by atoms with Gasteiger partial charge in [-0.3, -0.25) is 0 Å². The van der Waals surface area contributed by atoms with Crippen molar-refractivity contribution in [3.8, 4) is 11.8 Å². The zero-order chi connectivity index (χ0) is 9.26. The van der Waals surface area contributed by atoms with Crippen molar-refractivity contribution in [3.63, 3.8) is 0 Å². The predicted octanol–water partition coefficient (Wildman–Crippen LogP) is 2.04. The monoisotopic (exact) mass is 194 g/mol. The van der Waals surface area contributed by atoms with Crippen LogP contribution < -0.4 is 10.1 Å². The number of hydrogen-bond acceptors (Lipinski definition) is 3. The van der Waals surface area contributed by atoms with Gasteiger partial charge in [0.2, 0.25) is 6.10 Å². The summed E-state index contributed by atoms with van der Waals surface area (Å²) in [6, 6.07) is 7.32. The summed E-state index contributed by atoms with van der Waals surface area (Å²) >= 11 is 5.79. The molecule has 0 aliphatic carbocycles. The molecule has 0 saturated heterocycles. The van der Waals surface area contributed by atoms with Gasteiger partial charge in [-0.1, -0.05) is 11.6 Å². The van der Waals surface area contributed by atoms with Crippen LogP contribution in [0.15, 0.2) is 18.2 Å². The fourth-order valence-electron chi connectivity index (χ4n) is 1.21. The molecule has 0 bridgehead atoms. The van der Waals surface area contributed by atoms with Gasteiger partial charge in [-0.05, 0) is 18.2 Å². The number of anilines is 1. The molecule has 4 heteroatoms. The maximum Gasteiger partial charge on any atom is 0.201 e. The Morgan fingerprint density at radius 2 is 2.46 bits per heavy atom. The molecule has 1 atom stereocenters. The maximum atomic E-state index is 8.63. The summed E-state index contributed by atoms with van der Waals surface area (Å²) in [7, 11) is 0. The molecule has 1 aliphatic heterocycles. The lowest BCUT2D eigenvalue weighted by Gasteiger charge is -2.22. The van der Waals surface area contributed by atoms with E-state index >= 15 is 0 Å². The second-order valence-corrected chi connectivity index (χ2v) is 3.19. The summed E-state index contributed by atoms with van der Waals surface area (Å²) in [5, 5.41) is 12.4. The Balaban J connectivity index is 2.32. The van der Waals surface area contributed by atoms with Crippen LogP contribution in [0.2, 0.25) is 5.02 Å². The molecule has 13 heavy (non-hydrogen) atoms. The summed E-state index contributed by atoms with van der Waals surface area (Å²) in [5.74, 6) is 0.683. The maximum absolute atomic E-state index is 8.63. The quantitative estimate of drug-likeness (QED) is 0.688. The van der Waals surface area contributed by atoms with Crippen LogP contribution in [0.3, 0.4) is 0 Å². The van der Waals surface area contributed by atoms with Gasteiger partial charge in [0, 0.05) is 5.02 Å². The van der Waals surface area contributed by atoms with Crippen LogP contribution in [0.5, 0.6) is 5.75 Å². The first kappa shape index (κ1) is 8.21. The highest BCUT2D eigenvalue weighted by Gasteiger charge is 2.18. The Bertz CT molecular complexity index is 372. The van der Waals surface area contributed by atoms with Gasteiger partial charge >= 0.3 is 0 Å². The third-order valence-electron chi connectivity index (χ3n) is 1.83. The number of nitriles is 1. The SMILES string of the molecule is N#CC1CNc2cc(Cl)ccc2O1. The van der Waals surface area contributed by atoms with E-state index in [1.807, 2.05) is 6.07 Å². The van der Waals surface area contributed by atoms with Crippen LogP contribution in [0.25, 0.3) is 0 Å². The van der Waals surface area contributed by atoms with Gasteiger partial charge in [-0.2, -0.15) is 5.26 Å². The van der Waals surface area contributed by atoms with Crippen molar-refractivity contribution in [1.82, 2.24) is 0 Å². The van der Waals surface area contributed by atoms with Crippen molar-refractivity contribution in [2.45, 2.75) is 6.10 Å². The molecule has 0 radical (unpaired) electrons. The number of nitrogens with zero attached hydrogens (tertiary/aromatic N) is 1. The fourth-order valence-corrected chi connectivity index (χ4v) is 1.38. The van der Waals surface area contributed by atoms with Crippen molar-refractivity contribution in [2.75, 3.05) is 11.9 Å². The van der Waals surface area contributed by atoms with E-state index in [0.717, 1.165) is 5.69 Å². The van der Waals surface area contributed by atoms with Gasteiger partial charge in [-0.15, -0.1) is 0 Å². The largest absolute Gasteiger partial charge is 0.472 e. The number of hydrogen-bond donors (Lipinski definition) is 1. The second kappa shape index (κ2) is 3.15. The highest BCUT2D eigenvalue weighted by Crippen LogP contribution is 2.31. The molecule has 1 heterocycles. The van der Waals surface area contributed by atoms with E-state index < -0.39 is 6.10 Å². The predicted molar refractivity (Wildman–Crippen MR) is 50.0 cm³/mol. The first-order chi connectivity index (χ1) is 6.29. The Morgan fingerprint density at radius 1 is 1.62 bits per heavy atom. The average molecular weight is 195 g/mol. The normalized spacial score (nSPS) is 19.2. The van der Waals surface area contributed by atoms with E-state index in [1.54, 1.807) is 18.2 Å². The standard InChI is InChI=1S/C9H7ClN2O/c10-6-1-2-9-8(3-6)12-5-7(4-11)13-9/h1-3,7,12H,5H2. The summed E-state index contributed by atoms with van der Waals surface area (Å²) in [5.41, 5.74) is 0.846. The lowest BCUT2D eigenvalue weighted by atomic mass is 10.2. The first-order valence-electron chi connectivity index (χ1n) is 3.89.